The number of hydrogen-bond donors (Lipinski definition) is 0. The topological polar surface area (TPSA) is 0 Å². The molecule has 0 saturated carbocycles. The van der Waals surface area contributed by atoms with Crippen LogP contribution in [0.4, 0.5) is 0 Å². The molecule has 0 heteroatoms. The van der Waals surface area contributed by atoms with Crippen LogP contribution in [0.15, 0.2) is 60.7 Å². The monoisotopic (exact) mass is 223 g/mol. The molecule has 0 amide bonds. The summed E-state index contributed by atoms with van der Waals surface area (Å²) in [6.07, 6.45) is 1.09. The van der Waals surface area contributed by atoms with E-state index in [-0.39, 0.29) is 0 Å². The van der Waals surface area contributed by atoms with Gasteiger partial charge in [-0.1, -0.05) is 74.0 Å². The SMILES string of the molecule is [CH2]C(CC)C(c1ccccc1)c1ccccc1. The van der Waals surface area contributed by atoms with E-state index >= 15 is 0 Å². The molecular formula is C17H19. The third-order valence-corrected chi connectivity index (χ3v) is 3.31. The summed E-state index contributed by atoms with van der Waals surface area (Å²) < 4.78 is 0. The Morgan fingerprint density at radius 3 is 1.59 bits per heavy atom. The molecule has 0 heterocycles. The quantitative estimate of drug-likeness (QED) is 0.706. The van der Waals surface area contributed by atoms with Crippen LogP contribution in [-0.2, 0) is 0 Å². The first-order valence-electron chi connectivity index (χ1n) is 6.26. The summed E-state index contributed by atoms with van der Waals surface area (Å²) in [5.74, 6) is 0.821. The van der Waals surface area contributed by atoms with Crippen LogP contribution in [0.25, 0.3) is 0 Å². The third kappa shape index (κ3) is 2.76. The number of hydrogen-bond acceptors (Lipinski definition) is 0. The summed E-state index contributed by atoms with van der Waals surface area (Å²) in [5, 5.41) is 0. The minimum atomic E-state index is 0.405. The summed E-state index contributed by atoms with van der Waals surface area (Å²) in [5.41, 5.74) is 2.72. The van der Waals surface area contributed by atoms with E-state index < -0.39 is 0 Å². The first kappa shape index (κ1) is 11.9. The van der Waals surface area contributed by atoms with E-state index in [1.165, 1.54) is 11.1 Å². The molecule has 2 aromatic rings. The summed E-state index contributed by atoms with van der Waals surface area (Å²) in [6, 6.07) is 21.3. The highest BCUT2D eigenvalue weighted by Gasteiger charge is 2.19. The molecule has 0 nitrogen and oxygen atoms in total. The Kier molecular flexibility index (Phi) is 3.98. The Morgan fingerprint density at radius 1 is 0.824 bits per heavy atom. The molecule has 1 radical (unpaired) electrons. The van der Waals surface area contributed by atoms with E-state index in [2.05, 4.69) is 74.5 Å². The third-order valence-electron chi connectivity index (χ3n) is 3.31. The minimum absolute atomic E-state index is 0.405. The molecule has 17 heavy (non-hydrogen) atoms. The standard InChI is InChI=1S/C17H19/c1-3-14(2)17(15-10-6-4-7-11-15)16-12-8-5-9-13-16/h4-14,17H,2-3H2,1H3. The van der Waals surface area contributed by atoms with Crippen LogP contribution in [0.1, 0.15) is 30.4 Å². The fraction of sp³-hybridized carbons (Fsp3) is 0.235. The van der Waals surface area contributed by atoms with Crippen molar-refractivity contribution in [1.29, 1.82) is 0 Å². The van der Waals surface area contributed by atoms with Crippen LogP contribution in [0.5, 0.6) is 0 Å². The Labute approximate surface area is 104 Å². The van der Waals surface area contributed by atoms with Gasteiger partial charge in [0.15, 0.2) is 0 Å². The maximum Gasteiger partial charge on any atom is 0.0117 e. The predicted octanol–water partition coefficient (Wildman–Crippen LogP) is 4.68. The smallest absolute Gasteiger partial charge is 0.0117 e. The second-order valence-electron chi connectivity index (χ2n) is 4.47. The van der Waals surface area contributed by atoms with E-state index in [0.29, 0.717) is 11.8 Å². The van der Waals surface area contributed by atoms with Crippen molar-refractivity contribution in [2.45, 2.75) is 19.3 Å². The van der Waals surface area contributed by atoms with Crippen LogP contribution in [-0.4, -0.2) is 0 Å². The second kappa shape index (κ2) is 5.67. The summed E-state index contributed by atoms with van der Waals surface area (Å²) >= 11 is 0. The van der Waals surface area contributed by atoms with Gasteiger partial charge in [0.2, 0.25) is 0 Å². The highest BCUT2D eigenvalue weighted by Crippen LogP contribution is 2.33. The lowest BCUT2D eigenvalue weighted by atomic mass is 9.80. The van der Waals surface area contributed by atoms with Crippen molar-refractivity contribution in [3.63, 3.8) is 0 Å². The van der Waals surface area contributed by atoms with E-state index in [4.69, 9.17) is 0 Å². The van der Waals surface area contributed by atoms with Crippen molar-refractivity contribution in [2.75, 3.05) is 0 Å². The summed E-state index contributed by atoms with van der Waals surface area (Å²) in [6.45, 7) is 6.51. The lowest BCUT2D eigenvalue weighted by Gasteiger charge is -2.24. The minimum Gasteiger partial charge on any atom is -0.0651 e. The van der Waals surface area contributed by atoms with Crippen molar-refractivity contribution >= 4 is 0 Å². The van der Waals surface area contributed by atoms with E-state index in [1.54, 1.807) is 0 Å². The van der Waals surface area contributed by atoms with Crippen LogP contribution in [0, 0.1) is 12.8 Å². The van der Waals surface area contributed by atoms with Crippen molar-refractivity contribution in [3.8, 4) is 0 Å². The molecule has 2 aromatic carbocycles. The predicted molar refractivity (Wildman–Crippen MR) is 73.9 cm³/mol. The van der Waals surface area contributed by atoms with Crippen molar-refractivity contribution in [1.82, 2.24) is 0 Å². The van der Waals surface area contributed by atoms with Gasteiger partial charge in [0, 0.05) is 5.92 Å². The average molecular weight is 223 g/mol. The summed E-state index contributed by atoms with van der Waals surface area (Å²) in [4.78, 5) is 0. The lowest BCUT2D eigenvalue weighted by Crippen LogP contribution is -2.10. The summed E-state index contributed by atoms with van der Waals surface area (Å²) in [7, 11) is 0. The molecule has 87 valence electrons. The number of benzene rings is 2. The molecule has 0 aromatic heterocycles. The zero-order valence-corrected chi connectivity index (χ0v) is 10.3. The fourth-order valence-corrected chi connectivity index (χ4v) is 2.29. The van der Waals surface area contributed by atoms with Gasteiger partial charge in [-0.25, -0.2) is 0 Å². The van der Waals surface area contributed by atoms with Gasteiger partial charge in [0.25, 0.3) is 0 Å². The van der Waals surface area contributed by atoms with E-state index in [9.17, 15) is 0 Å². The molecule has 1 atom stereocenters. The number of rotatable bonds is 4. The molecule has 0 fully saturated rings. The Morgan fingerprint density at radius 2 is 1.24 bits per heavy atom. The molecule has 2 rings (SSSR count). The van der Waals surface area contributed by atoms with Crippen molar-refractivity contribution in [3.05, 3.63) is 78.7 Å². The average Bonchev–Trinajstić information content (AvgIpc) is 2.41. The van der Waals surface area contributed by atoms with Gasteiger partial charge in [-0.05, 0) is 24.0 Å². The molecule has 0 aliphatic heterocycles. The van der Waals surface area contributed by atoms with Crippen LogP contribution in [0.2, 0.25) is 0 Å². The molecule has 0 aliphatic carbocycles. The van der Waals surface area contributed by atoms with E-state index in [0.717, 1.165) is 6.42 Å². The fourth-order valence-electron chi connectivity index (χ4n) is 2.29. The van der Waals surface area contributed by atoms with Gasteiger partial charge in [0.05, 0.1) is 0 Å². The Balaban J connectivity index is 2.39. The van der Waals surface area contributed by atoms with Crippen molar-refractivity contribution < 1.29 is 0 Å². The van der Waals surface area contributed by atoms with Gasteiger partial charge in [0.1, 0.15) is 0 Å². The maximum absolute atomic E-state index is 4.31. The zero-order chi connectivity index (χ0) is 12.1. The van der Waals surface area contributed by atoms with Gasteiger partial charge in [-0.3, -0.25) is 0 Å². The van der Waals surface area contributed by atoms with Gasteiger partial charge >= 0.3 is 0 Å². The van der Waals surface area contributed by atoms with Gasteiger partial charge < -0.3 is 0 Å². The largest absolute Gasteiger partial charge is 0.0651 e. The molecule has 1 unspecified atom stereocenters. The zero-order valence-electron chi connectivity index (χ0n) is 10.3. The van der Waals surface area contributed by atoms with Gasteiger partial charge in [-0.15, -0.1) is 0 Å². The van der Waals surface area contributed by atoms with Crippen LogP contribution >= 0.6 is 0 Å². The molecule has 0 aliphatic rings. The van der Waals surface area contributed by atoms with Crippen LogP contribution in [0.3, 0.4) is 0 Å². The maximum atomic E-state index is 4.31. The molecule has 0 bridgehead atoms. The van der Waals surface area contributed by atoms with E-state index in [1.807, 2.05) is 0 Å². The normalized spacial score (nSPS) is 12.6. The lowest BCUT2D eigenvalue weighted by molar-refractivity contribution is 0.548. The molecular weight excluding hydrogens is 204 g/mol. The first-order chi connectivity index (χ1) is 8.33. The van der Waals surface area contributed by atoms with Crippen molar-refractivity contribution in [2.24, 2.45) is 5.92 Å². The molecule has 0 saturated heterocycles. The molecule has 0 N–H and O–H groups in total. The highest BCUT2D eigenvalue weighted by molar-refractivity contribution is 5.33. The Hall–Kier alpha value is -1.56. The molecule has 0 spiro atoms. The van der Waals surface area contributed by atoms with Gasteiger partial charge in [-0.2, -0.15) is 0 Å². The van der Waals surface area contributed by atoms with Crippen LogP contribution < -0.4 is 0 Å². The first-order valence-corrected chi connectivity index (χ1v) is 6.26. The Bertz CT molecular complexity index is 391. The highest BCUT2D eigenvalue weighted by atomic mass is 14.2. The second-order valence-corrected chi connectivity index (χ2v) is 4.47.